The van der Waals surface area contributed by atoms with Gasteiger partial charge in [0, 0.05) is 34.5 Å². The number of nitrogens with zero attached hydrogens (tertiary/aromatic N) is 3. The first-order valence-electron chi connectivity index (χ1n) is 13.6. The number of hydrogen-bond acceptors (Lipinski definition) is 5. The van der Waals surface area contributed by atoms with Crippen molar-refractivity contribution in [2.24, 2.45) is 0 Å². The second-order valence-electron chi connectivity index (χ2n) is 10.3. The predicted octanol–water partition coefficient (Wildman–Crippen LogP) is 10.1. The molecule has 0 aliphatic heterocycles. The Morgan fingerprint density at radius 1 is 0.463 bits per heavy atom. The van der Waals surface area contributed by atoms with Crippen molar-refractivity contribution in [3.05, 3.63) is 128 Å². The van der Waals surface area contributed by atoms with E-state index in [-0.39, 0.29) is 0 Å². The van der Waals surface area contributed by atoms with Gasteiger partial charge in [0.05, 0.1) is 5.69 Å². The number of anilines is 3. The zero-order valence-corrected chi connectivity index (χ0v) is 21.8. The molecule has 9 aromatic rings. The van der Waals surface area contributed by atoms with Crippen molar-refractivity contribution in [1.29, 1.82) is 0 Å². The maximum atomic E-state index is 6.47. The third kappa shape index (κ3) is 3.29. The summed E-state index contributed by atoms with van der Waals surface area (Å²) in [4.78, 5) is 11.5. The average Bonchev–Trinajstić information content (AvgIpc) is 3.60. The van der Waals surface area contributed by atoms with Crippen LogP contribution in [0.2, 0.25) is 0 Å². The summed E-state index contributed by atoms with van der Waals surface area (Å²) in [6.45, 7) is 0. The highest BCUT2D eigenvalue weighted by Gasteiger charge is 2.21. The lowest BCUT2D eigenvalue weighted by Gasteiger charge is -2.26. The van der Waals surface area contributed by atoms with Crippen molar-refractivity contribution >= 4 is 82.7 Å². The van der Waals surface area contributed by atoms with Gasteiger partial charge in [0.1, 0.15) is 16.6 Å². The summed E-state index contributed by atoms with van der Waals surface area (Å²) in [5.41, 5.74) is 7.76. The largest absolute Gasteiger partial charge is 0.454 e. The molecule has 0 saturated carbocycles. The molecule has 192 valence electrons. The van der Waals surface area contributed by atoms with Crippen molar-refractivity contribution in [2.45, 2.75) is 0 Å². The molecule has 41 heavy (non-hydrogen) atoms. The van der Waals surface area contributed by atoms with Crippen LogP contribution >= 0.6 is 0 Å². The second kappa shape index (κ2) is 8.41. The second-order valence-corrected chi connectivity index (χ2v) is 10.3. The van der Waals surface area contributed by atoms with Crippen molar-refractivity contribution < 1.29 is 8.83 Å². The molecule has 9 rings (SSSR count). The molecule has 0 amide bonds. The Morgan fingerprint density at radius 2 is 1.12 bits per heavy atom. The number of hydrogen-bond donors (Lipinski definition) is 0. The molecule has 0 bridgehead atoms. The summed E-state index contributed by atoms with van der Waals surface area (Å²) >= 11 is 0. The number of rotatable bonds is 3. The molecule has 0 saturated heterocycles. The highest BCUT2D eigenvalue weighted by atomic mass is 16.3. The van der Waals surface area contributed by atoms with E-state index >= 15 is 0 Å². The molecule has 0 unspecified atom stereocenters. The minimum absolute atomic E-state index is 0.764. The van der Waals surface area contributed by atoms with E-state index in [1.54, 1.807) is 12.4 Å². The van der Waals surface area contributed by atoms with Crippen LogP contribution in [-0.4, -0.2) is 9.97 Å². The van der Waals surface area contributed by atoms with Gasteiger partial charge in [-0.25, -0.2) is 0 Å². The minimum Gasteiger partial charge on any atom is -0.454 e. The van der Waals surface area contributed by atoms with E-state index in [2.05, 4.69) is 99.8 Å². The molecule has 4 aromatic heterocycles. The lowest BCUT2D eigenvalue weighted by Crippen LogP contribution is -2.10. The Hall–Kier alpha value is -5.68. The number of aromatic nitrogens is 2. The van der Waals surface area contributed by atoms with E-state index in [1.165, 1.54) is 21.5 Å². The molecule has 0 aliphatic carbocycles. The molecule has 5 nitrogen and oxygen atoms in total. The monoisotopic (exact) mass is 527 g/mol. The van der Waals surface area contributed by atoms with Crippen LogP contribution in [-0.2, 0) is 0 Å². The third-order valence-electron chi connectivity index (χ3n) is 7.93. The van der Waals surface area contributed by atoms with Crippen LogP contribution in [0.4, 0.5) is 17.1 Å². The maximum absolute atomic E-state index is 6.47. The normalized spacial score (nSPS) is 11.9. The summed E-state index contributed by atoms with van der Waals surface area (Å²) in [5.74, 6) is 0. The average molecular weight is 528 g/mol. The van der Waals surface area contributed by atoms with E-state index in [9.17, 15) is 0 Å². The first kappa shape index (κ1) is 22.2. The van der Waals surface area contributed by atoms with Gasteiger partial charge in [0.15, 0.2) is 16.7 Å². The molecule has 0 spiro atoms. The van der Waals surface area contributed by atoms with Crippen LogP contribution in [0.1, 0.15) is 0 Å². The van der Waals surface area contributed by atoms with Crippen LogP contribution in [0.25, 0.3) is 65.7 Å². The van der Waals surface area contributed by atoms with Crippen LogP contribution in [0, 0.1) is 0 Å². The summed E-state index contributed by atoms with van der Waals surface area (Å²) in [6.07, 6.45) is 3.61. The van der Waals surface area contributed by atoms with Gasteiger partial charge in [0.25, 0.3) is 0 Å². The van der Waals surface area contributed by atoms with Crippen molar-refractivity contribution in [1.82, 2.24) is 9.97 Å². The standard InChI is InChI=1S/C36H21N3O2/c1-2-7-26-22(6-1)12-13-23-14-15-24(20-28(23)26)39(25-16-17-31-29(21-25)35-32(40-31)10-4-19-38-35)30-9-3-8-27-34-33(41-36(27)30)11-5-18-37-34/h1-21H. The number of furan rings is 2. The summed E-state index contributed by atoms with van der Waals surface area (Å²) in [6, 6.07) is 39.8. The molecule has 5 heteroatoms. The van der Waals surface area contributed by atoms with Gasteiger partial charge in [-0.05, 0) is 88.3 Å². The number of fused-ring (bicyclic) bond motifs is 9. The lowest BCUT2D eigenvalue weighted by atomic mass is 10.0. The Kier molecular flexibility index (Phi) is 4.55. The predicted molar refractivity (Wildman–Crippen MR) is 166 cm³/mol. The first-order chi connectivity index (χ1) is 20.3. The molecule has 4 heterocycles. The summed E-state index contributed by atoms with van der Waals surface area (Å²) in [7, 11) is 0. The maximum Gasteiger partial charge on any atom is 0.161 e. The molecule has 0 N–H and O–H groups in total. The molecule has 0 aliphatic rings. The van der Waals surface area contributed by atoms with Crippen LogP contribution in [0.3, 0.4) is 0 Å². The fourth-order valence-electron chi connectivity index (χ4n) is 6.06. The lowest BCUT2D eigenvalue weighted by molar-refractivity contribution is 0.668. The fourth-order valence-corrected chi connectivity index (χ4v) is 6.06. The Morgan fingerprint density at radius 3 is 1.98 bits per heavy atom. The highest BCUT2D eigenvalue weighted by molar-refractivity contribution is 6.12. The van der Waals surface area contributed by atoms with Gasteiger partial charge < -0.3 is 13.7 Å². The molecule has 0 radical (unpaired) electrons. The fraction of sp³-hybridized carbons (Fsp3) is 0. The van der Waals surface area contributed by atoms with E-state index in [0.29, 0.717) is 0 Å². The summed E-state index contributed by atoms with van der Waals surface area (Å²) < 4.78 is 12.6. The SMILES string of the molecule is c1ccc2c(c1)ccc1ccc(N(c3ccc4oc5cccnc5c4c3)c3cccc4c3oc3cccnc34)cc12. The summed E-state index contributed by atoms with van der Waals surface area (Å²) in [5, 5.41) is 6.77. The topological polar surface area (TPSA) is 55.3 Å². The molecule has 0 fully saturated rings. The molecule has 5 aromatic carbocycles. The van der Waals surface area contributed by atoms with E-state index in [4.69, 9.17) is 8.83 Å². The van der Waals surface area contributed by atoms with Crippen LogP contribution < -0.4 is 4.90 Å². The Balaban J connectivity index is 1.36. The van der Waals surface area contributed by atoms with Crippen LogP contribution in [0.15, 0.2) is 136 Å². The Labute approximate surface area is 233 Å². The Bertz CT molecular complexity index is 2450. The van der Waals surface area contributed by atoms with Crippen molar-refractivity contribution in [3.8, 4) is 0 Å². The van der Waals surface area contributed by atoms with Gasteiger partial charge in [0.2, 0.25) is 0 Å². The molecular formula is C36H21N3O2. The first-order valence-corrected chi connectivity index (χ1v) is 13.6. The van der Waals surface area contributed by atoms with E-state index < -0.39 is 0 Å². The number of para-hydroxylation sites is 1. The highest BCUT2D eigenvalue weighted by Crippen LogP contribution is 2.44. The van der Waals surface area contributed by atoms with Gasteiger partial charge in [-0.15, -0.1) is 0 Å². The van der Waals surface area contributed by atoms with E-state index in [1.807, 2.05) is 30.3 Å². The quantitative estimate of drug-likeness (QED) is 0.214. The van der Waals surface area contributed by atoms with Crippen molar-refractivity contribution in [2.75, 3.05) is 4.90 Å². The van der Waals surface area contributed by atoms with E-state index in [0.717, 1.165) is 61.2 Å². The van der Waals surface area contributed by atoms with Gasteiger partial charge in [-0.1, -0.05) is 48.5 Å². The molecular weight excluding hydrogens is 506 g/mol. The van der Waals surface area contributed by atoms with Crippen LogP contribution in [0.5, 0.6) is 0 Å². The van der Waals surface area contributed by atoms with Gasteiger partial charge >= 0.3 is 0 Å². The molecule has 0 atom stereocenters. The van der Waals surface area contributed by atoms with Gasteiger partial charge in [-0.2, -0.15) is 0 Å². The number of benzene rings is 5. The smallest absolute Gasteiger partial charge is 0.161 e. The zero-order chi connectivity index (χ0) is 26.9. The third-order valence-corrected chi connectivity index (χ3v) is 7.93. The minimum atomic E-state index is 0.764. The van der Waals surface area contributed by atoms with Crippen molar-refractivity contribution in [3.63, 3.8) is 0 Å². The zero-order valence-electron chi connectivity index (χ0n) is 21.8. The number of pyridine rings is 2. The van der Waals surface area contributed by atoms with Gasteiger partial charge in [-0.3, -0.25) is 9.97 Å².